The van der Waals surface area contributed by atoms with Crippen LogP contribution in [0.4, 0.5) is 11.6 Å². The SMILES string of the molecule is Nc1cnc(N(CC2CC2)C2CC2)nc1. The molecule has 2 aliphatic rings. The molecule has 1 heterocycles. The lowest BCUT2D eigenvalue weighted by Gasteiger charge is -2.21. The molecule has 0 bridgehead atoms. The molecule has 2 aliphatic carbocycles. The highest BCUT2D eigenvalue weighted by molar-refractivity contribution is 5.40. The van der Waals surface area contributed by atoms with Gasteiger partial charge >= 0.3 is 0 Å². The number of anilines is 2. The second-order valence-corrected chi connectivity index (χ2v) is 4.64. The van der Waals surface area contributed by atoms with Crippen LogP contribution in [0.25, 0.3) is 0 Å². The first kappa shape index (κ1) is 8.95. The molecule has 0 amide bonds. The molecule has 2 saturated carbocycles. The van der Waals surface area contributed by atoms with E-state index in [-0.39, 0.29) is 0 Å². The Kier molecular flexibility index (Phi) is 2.01. The van der Waals surface area contributed by atoms with Crippen molar-refractivity contribution in [2.75, 3.05) is 17.2 Å². The summed E-state index contributed by atoms with van der Waals surface area (Å²) in [6, 6.07) is 0.689. The number of nitrogens with two attached hydrogens (primary N) is 1. The maximum atomic E-state index is 5.59. The van der Waals surface area contributed by atoms with Crippen molar-refractivity contribution in [2.45, 2.75) is 31.7 Å². The fourth-order valence-corrected chi connectivity index (χ4v) is 1.84. The third-order valence-corrected chi connectivity index (χ3v) is 3.05. The first-order valence-electron chi connectivity index (χ1n) is 5.67. The number of hydrogen-bond donors (Lipinski definition) is 1. The fraction of sp³-hybridized carbons (Fsp3) is 0.636. The maximum absolute atomic E-state index is 5.59. The van der Waals surface area contributed by atoms with Crippen LogP contribution < -0.4 is 10.6 Å². The summed E-state index contributed by atoms with van der Waals surface area (Å²) in [6.45, 7) is 1.13. The van der Waals surface area contributed by atoms with Gasteiger partial charge in [0.05, 0.1) is 18.1 Å². The number of aromatic nitrogens is 2. The zero-order valence-corrected chi connectivity index (χ0v) is 8.76. The van der Waals surface area contributed by atoms with Crippen LogP contribution in [0.2, 0.25) is 0 Å². The van der Waals surface area contributed by atoms with E-state index in [2.05, 4.69) is 14.9 Å². The summed E-state index contributed by atoms with van der Waals surface area (Å²) in [5.41, 5.74) is 6.23. The molecule has 0 aromatic carbocycles. The summed E-state index contributed by atoms with van der Waals surface area (Å²) in [6.07, 6.45) is 8.73. The quantitative estimate of drug-likeness (QED) is 0.806. The van der Waals surface area contributed by atoms with Gasteiger partial charge in [0.2, 0.25) is 5.95 Å². The number of rotatable bonds is 4. The van der Waals surface area contributed by atoms with Crippen molar-refractivity contribution in [1.29, 1.82) is 0 Å². The molecule has 4 heteroatoms. The first-order chi connectivity index (χ1) is 7.33. The fourth-order valence-electron chi connectivity index (χ4n) is 1.84. The Balaban J connectivity index is 1.77. The van der Waals surface area contributed by atoms with Crippen molar-refractivity contribution in [3.8, 4) is 0 Å². The topological polar surface area (TPSA) is 55.0 Å². The van der Waals surface area contributed by atoms with E-state index >= 15 is 0 Å². The average molecular weight is 204 g/mol. The monoisotopic (exact) mass is 204 g/mol. The van der Waals surface area contributed by atoms with Crippen LogP contribution >= 0.6 is 0 Å². The molecule has 0 spiro atoms. The lowest BCUT2D eigenvalue weighted by atomic mass is 10.3. The summed E-state index contributed by atoms with van der Waals surface area (Å²) in [5, 5.41) is 0. The number of hydrogen-bond acceptors (Lipinski definition) is 4. The van der Waals surface area contributed by atoms with Gasteiger partial charge in [0.15, 0.2) is 0 Å². The van der Waals surface area contributed by atoms with E-state index in [0.29, 0.717) is 11.7 Å². The summed E-state index contributed by atoms with van der Waals surface area (Å²) < 4.78 is 0. The van der Waals surface area contributed by atoms with Gasteiger partial charge in [0.1, 0.15) is 0 Å². The Hall–Kier alpha value is -1.32. The van der Waals surface area contributed by atoms with Crippen LogP contribution in [0.5, 0.6) is 0 Å². The van der Waals surface area contributed by atoms with E-state index < -0.39 is 0 Å². The third kappa shape index (κ3) is 2.03. The second kappa shape index (κ2) is 3.36. The van der Waals surface area contributed by atoms with Crippen LogP contribution in [0, 0.1) is 5.92 Å². The molecule has 0 saturated heterocycles. The van der Waals surface area contributed by atoms with Crippen LogP contribution in [-0.2, 0) is 0 Å². The average Bonchev–Trinajstić information content (AvgIpc) is 3.10. The second-order valence-electron chi connectivity index (χ2n) is 4.64. The van der Waals surface area contributed by atoms with Gasteiger partial charge in [-0.25, -0.2) is 9.97 Å². The molecule has 1 aromatic heterocycles. The van der Waals surface area contributed by atoms with Crippen LogP contribution in [-0.4, -0.2) is 22.6 Å². The van der Waals surface area contributed by atoms with Gasteiger partial charge < -0.3 is 10.6 Å². The van der Waals surface area contributed by atoms with Crippen molar-refractivity contribution >= 4 is 11.6 Å². The number of nitrogens with zero attached hydrogens (tertiary/aromatic N) is 3. The highest BCUT2D eigenvalue weighted by Crippen LogP contribution is 2.36. The van der Waals surface area contributed by atoms with E-state index in [0.717, 1.165) is 18.4 Å². The first-order valence-corrected chi connectivity index (χ1v) is 5.67. The van der Waals surface area contributed by atoms with E-state index in [1.54, 1.807) is 12.4 Å². The molecule has 80 valence electrons. The van der Waals surface area contributed by atoms with Crippen molar-refractivity contribution in [2.24, 2.45) is 5.92 Å². The summed E-state index contributed by atoms with van der Waals surface area (Å²) >= 11 is 0. The smallest absolute Gasteiger partial charge is 0.225 e. The Morgan fingerprint density at radius 1 is 1.20 bits per heavy atom. The Labute approximate surface area is 89.5 Å². The molecule has 0 unspecified atom stereocenters. The molecular formula is C11H16N4. The zero-order valence-electron chi connectivity index (χ0n) is 8.76. The normalized spacial score (nSPS) is 20.3. The van der Waals surface area contributed by atoms with Gasteiger partial charge in [-0.15, -0.1) is 0 Å². The molecule has 2 fully saturated rings. The Morgan fingerprint density at radius 3 is 2.40 bits per heavy atom. The van der Waals surface area contributed by atoms with Gasteiger partial charge in [-0.3, -0.25) is 0 Å². The van der Waals surface area contributed by atoms with Crippen LogP contribution in [0.1, 0.15) is 25.7 Å². The van der Waals surface area contributed by atoms with Gasteiger partial charge in [-0.05, 0) is 31.6 Å². The highest BCUT2D eigenvalue weighted by Gasteiger charge is 2.34. The predicted octanol–water partition coefficient (Wildman–Crippen LogP) is 1.44. The molecule has 0 aliphatic heterocycles. The summed E-state index contributed by atoms with van der Waals surface area (Å²) in [5.74, 6) is 1.74. The van der Waals surface area contributed by atoms with E-state index in [9.17, 15) is 0 Å². The maximum Gasteiger partial charge on any atom is 0.225 e. The zero-order chi connectivity index (χ0) is 10.3. The minimum Gasteiger partial charge on any atom is -0.396 e. The van der Waals surface area contributed by atoms with Crippen LogP contribution in [0.3, 0.4) is 0 Å². The van der Waals surface area contributed by atoms with Crippen LogP contribution in [0.15, 0.2) is 12.4 Å². The van der Waals surface area contributed by atoms with Crippen molar-refractivity contribution < 1.29 is 0 Å². The van der Waals surface area contributed by atoms with E-state index in [1.165, 1.54) is 25.7 Å². The van der Waals surface area contributed by atoms with Crippen molar-refractivity contribution in [3.63, 3.8) is 0 Å². The molecule has 0 radical (unpaired) electrons. The predicted molar refractivity (Wildman–Crippen MR) is 59.5 cm³/mol. The van der Waals surface area contributed by atoms with Gasteiger partial charge in [0, 0.05) is 12.6 Å². The molecule has 0 atom stereocenters. The van der Waals surface area contributed by atoms with Gasteiger partial charge in [0.25, 0.3) is 0 Å². The summed E-state index contributed by atoms with van der Waals surface area (Å²) in [7, 11) is 0. The third-order valence-electron chi connectivity index (χ3n) is 3.05. The molecule has 3 rings (SSSR count). The molecule has 2 N–H and O–H groups in total. The summed E-state index contributed by atoms with van der Waals surface area (Å²) in [4.78, 5) is 11.0. The Morgan fingerprint density at radius 2 is 1.87 bits per heavy atom. The molecule has 4 nitrogen and oxygen atoms in total. The largest absolute Gasteiger partial charge is 0.396 e. The lowest BCUT2D eigenvalue weighted by Crippen LogP contribution is -2.29. The highest BCUT2D eigenvalue weighted by atomic mass is 15.3. The van der Waals surface area contributed by atoms with Gasteiger partial charge in [-0.1, -0.05) is 0 Å². The van der Waals surface area contributed by atoms with Gasteiger partial charge in [-0.2, -0.15) is 0 Å². The standard InChI is InChI=1S/C11H16N4/c12-9-5-13-11(14-6-9)15(10-3-4-10)7-8-1-2-8/h5-6,8,10H,1-4,7,12H2. The minimum absolute atomic E-state index is 0.640. The molecular weight excluding hydrogens is 188 g/mol. The van der Waals surface area contributed by atoms with E-state index in [1.807, 2.05) is 0 Å². The van der Waals surface area contributed by atoms with Crippen molar-refractivity contribution in [1.82, 2.24) is 9.97 Å². The van der Waals surface area contributed by atoms with E-state index in [4.69, 9.17) is 5.73 Å². The number of nitrogen functional groups attached to an aromatic ring is 1. The molecule has 15 heavy (non-hydrogen) atoms. The minimum atomic E-state index is 0.640. The molecule has 1 aromatic rings. The Bertz CT molecular complexity index is 340. The van der Waals surface area contributed by atoms with Crippen molar-refractivity contribution in [3.05, 3.63) is 12.4 Å². The lowest BCUT2D eigenvalue weighted by molar-refractivity contribution is 0.697.